The van der Waals surface area contributed by atoms with Crippen molar-refractivity contribution in [3.63, 3.8) is 0 Å². The number of nitrogens with one attached hydrogen (secondary N) is 1. The number of hydrogen-bond acceptors (Lipinski definition) is 5. The van der Waals surface area contributed by atoms with Crippen LogP contribution in [0.2, 0.25) is 0 Å². The number of nitrogens with two attached hydrogens (primary N) is 1. The zero-order chi connectivity index (χ0) is 15.0. The zero-order valence-corrected chi connectivity index (χ0v) is 12.7. The maximum Gasteiger partial charge on any atom is 0.307 e. The van der Waals surface area contributed by atoms with Crippen LogP contribution in [0, 0.1) is 0 Å². The first-order valence-corrected chi connectivity index (χ1v) is 7.62. The number of hydrogen-bond donors (Lipinski definition) is 2. The van der Waals surface area contributed by atoms with Gasteiger partial charge < -0.3 is 15.8 Å². The van der Waals surface area contributed by atoms with Crippen LogP contribution in [-0.2, 0) is 14.3 Å². The summed E-state index contributed by atoms with van der Waals surface area (Å²) in [6, 6.07) is 2.86. The number of thiophene rings is 1. The average molecular weight is 298 g/mol. The average Bonchev–Trinajstić information content (AvgIpc) is 2.97. The highest BCUT2D eigenvalue weighted by Crippen LogP contribution is 2.22. The number of methoxy groups -OCH3 is 1. The summed E-state index contributed by atoms with van der Waals surface area (Å²) < 4.78 is 4.67. The van der Waals surface area contributed by atoms with Crippen LogP contribution in [0.4, 0.5) is 0 Å². The van der Waals surface area contributed by atoms with E-state index < -0.39 is 6.04 Å². The summed E-state index contributed by atoms with van der Waals surface area (Å²) in [6.45, 7) is 2.05. The largest absolute Gasteiger partial charge is 0.469 e. The normalized spacial score (nSPS) is 13.6. The van der Waals surface area contributed by atoms with Crippen molar-refractivity contribution >= 4 is 23.2 Å². The molecule has 3 N–H and O–H groups in total. The third kappa shape index (κ3) is 5.30. The van der Waals surface area contributed by atoms with Gasteiger partial charge in [-0.15, -0.1) is 11.3 Å². The predicted molar refractivity (Wildman–Crippen MR) is 79.3 cm³/mol. The molecule has 1 amide bonds. The van der Waals surface area contributed by atoms with E-state index in [2.05, 4.69) is 17.0 Å². The lowest BCUT2D eigenvalue weighted by Gasteiger charge is -2.19. The lowest BCUT2D eigenvalue weighted by molar-refractivity contribution is -0.141. The van der Waals surface area contributed by atoms with Gasteiger partial charge in [0.2, 0.25) is 5.91 Å². The van der Waals surface area contributed by atoms with Gasteiger partial charge in [-0.05, 0) is 17.9 Å². The van der Waals surface area contributed by atoms with E-state index in [9.17, 15) is 9.59 Å². The molecule has 0 radical (unpaired) electrons. The Kier molecular flexibility index (Phi) is 7.25. The van der Waals surface area contributed by atoms with Gasteiger partial charge >= 0.3 is 5.97 Å². The van der Waals surface area contributed by atoms with Crippen molar-refractivity contribution in [1.29, 1.82) is 0 Å². The minimum Gasteiger partial charge on any atom is -0.469 e. The quantitative estimate of drug-likeness (QED) is 0.719. The molecular formula is C14H22N2O3S. The molecule has 0 aliphatic rings. The van der Waals surface area contributed by atoms with E-state index in [1.54, 1.807) is 0 Å². The maximum absolute atomic E-state index is 12.0. The van der Waals surface area contributed by atoms with Crippen LogP contribution >= 0.6 is 11.3 Å². The monoisotopic (exact) mass is 298 g/mol. The third-order valence-corrected chi connectivity index (χ3v) is 3.99. The van der Waals surface area contributed by atoms with Crippen molar-refractivity contribution in [2.24, 2.45) is 5.73 Å². The molecule has 0 fully saturated rings. The standard InChI is InChI=1S/C14H22N2O3S/c1-3-4-6-10(15)14(18)16-11(9-13(17)19-2)12-7-5-8-20-12/h5,7-8,10-11H,3-4,6,9,15H2,1-2H3,(H,16,18)/t10-,11?/m0/s1. The number of esters is 1. The summed E-state index contributed by atoms with van der Waals surface area (Å²) in [7, 11) is 1.34. The molecule has 1 unspecified atom stereocenters. The smallest absolute Gasteiger partial charge is 0.307 e. The number of carbonyl (C=O) groups is 2. The Morgan fingerprint density at radius 3 is 2.80 bits per heavy atom. The molecule has 0 saturated heterocycles. The number of amides is 1. The Morgan fingerprint density at radius 1 is 1.50 bits per heavy atom. The van der Waals surface area contributed by atoms with E-state index in [-0.39, 0.29) is 24.3 Å². The molecule has 0 bridgehead atoms. The van der Waals surface area contributed by atoms with Gasteiger partial charge in [0.1, 0.15) is 0 Å². The minimum atomic E-state index is -0.532. The highest BCUT2D eigenvalue weighted by Gasteiger charge is 2.22. The van der Waals surface area contributed by atoms with Gasteiger partial charge in [0.05, 0.1) is 25.6 Å². The first-order valence-electron chi connectivity index (χ1n) is 6.74. The molecule has 1 rings (SSSR count). The van der Waals surface area contributed by atoms with Crippen LogP contribution in [0.25, 0.3) is 0 Å². The fourth-order valence-electron chi connectivity index (χ4n) is 1.80. The SMILES string of the molecule is CCCC[C@H](N)C(=O)NC(CC(=O)OC)c1cccs1. The third-order valence-electron chi connectivity index (χ3n) is 3.01. The molecule has 0 aliphatic carbocycles. The summed E-state index contributed by atoms with van der Waals surface area (Å²) in [5.74, 6) is -0.577. The van der Waals surface area contributed by atoms with Crippen LogP contribution in [0.1, 0.15) is 43.5 Å². The number of carbonyl (C=O) groups excluding carboxylic acids is 2. The van der Waals surface area contributed by atoms with Gasteiger partial charge in [-0.1, -0.05) is 25.8 Å². The van der Waals surface area contributed by atoms with Crippen molar-refractivity contribution in [2.75, 3.05) is 7.11 Å². The van der Waals surface area contributed by atoms with Crippen molar-refractivity contribution < 1.29 is 14.3 Å². The zero-order valence-electron chi connectivity index (χ0n) is 11.9. The maximum atomic E-state index is 12.0. The molecular weight excluding hydrogens is 276 g/mol. The molecule has 1 aromatic heterocycles. The lowest BCUT2D eigenvalue weighted by atomic mass is 10.1. The Balaban J connectivity index is 2.65. The van der Waals surface area contributed by atoms with Crippen LogP contribution < -0.4 is 11.1 Å². The van der Waals surface area contributed by atoms with E-state index in [4.69, 9.17) is 5.73 Å². The van der Waals surface area contributed by atoms with Crippen LogP contribution in [0.3, 0.4) is 0 Å². The fourth-order valence-corrected chi connectivity index (χ4v) is 2.57. The van der Waals surface area contributed by atoms with Gasteiger partial charge in [-0.2, -0.15) is 0 Å². The second-order valence-corrected chi connectivity index (χ2v) is 5.58. The molecule has 0 saturated carbocycles. The molecule has 2 atom stereocenters. The molecule has 0 aliphatic heterocycles. The van der Waals surface area contributed by atoms with Crippen molar-refractivity contribution in [3.8, 4) is 0 Å². The molecule has 0 spiro atoms. The van der Waals surface area contributed by atoms with Gasteiger partial charge in [0.15, 0.2) is 0 Å². The molecule has 112 valence electrons. The van der Waals surface area contributed by atoms with E-state index in [1.807, 2.05) is 17.5 Å². The Bertz CT molecular complexity index is 420. The topological polar surface area (TPSA) is 81.4 Å². The summed E-state index contributed by atoms with van der Waals surface area (Å²) in [5, 5.41) is 4.74. The van der Waals surface area contributed by atoms with Gasteiger partial charge in [-0.25, -0.2) is 0 Å². The predicted octanol–water partition coefficient (Wildman–Crippen LogP) is 1.99. The minimum absolute atomic E-state index is 0.114. The van der Waals surface area contributed by atoms with E-state index in [0.717, 1.165) is 17.7 Å². The van der Waals surface area contributed by atoms with Crippen molar-refractivity contribution in [1.82, 2.24) is 5.32 Å². The highest BCUT2D eigenvalue weighted by atomic mass is 32.1. The van der Waals surface area contributed by atoms with E-state index in [1.165, 1.54) is 18.4 Å². The molecule has 5 nitrogen and oxygen atoms in total. The Labute approximate surface area is 123 Å². The van der Waals surface area contributed by atoms with E-state index >= 15 is 0 Å². The van der Waals surface area contributed by atoms with Crippen molar-refractivity contribution in [3.05, 3.63) is 22.4 Å². The first-order chi connectivity index (χ1) is 9.58. The van der Waals surface area contributed by atoms with Crippen LogP contribution in [0.15, 0.2) is 17.5 Å². The molecule has 1 aromatic rings. The summed E-state index contributed by atoms with van der Waals surface area (Å²) in [6.07, 6.45) is 2.67. The fraction of sp³-hybridized carbons (Fsp3) is 0.571. The molecule has 20 heavy (non-hydrogen) atoms. The number of ether oxygens (including phenoxy) is 1. The van der Waals surface area contributed by atoms with E-state index in [0.29, 0.717) is 6.42 Å². The number of unbranched alkanes of at least 4 members (excludes halogenated alkanes) is 1. The van der Waals surface area contributed by atoms with Gasteiger partial charge in [-0.3, -0.25) is 9.59 Å². The second kappa shape index (κ2) is 8.71. The van der Waals surface area contributed by atoms with Crippen LogP contribution in [0.5, 0.6) is 0 Å². The summed E-state index contributed by atoms with van der Waals surface area (Å²) in [4.78, 5) is 24.4. The molecule has 0 aromatic carbocycles. The first kappa shape index (κ1) is 16.7. The highest BCUT2D eigenvalue weighted by molar-refractivity contribution is 7.10. The summed E-state index contributed by atoms with van der Waals surface area (Å²) in [5.41, 5.74) is 5.84. The van der Waals surface area contributed by atoms with Gasteiger partial charge in [0, 0.05) is 4.88 Å². The Morgan fingerprint density at radius 2 is 2.25 bits per heavy atom. The second-order valence-electron chi connectivity index (χ2n) is 4.61. The van der Waals surface area contributed by atoms with Gasteiger partial charge in [0.25, 0.3) is 0 Å². The Hall–Kier alpha value is -1.40. The summed E-state index contributed by atoms with van der Waals surface area (Å²) >= 11 is 1.49. The number of rotatable bonds is 8. The van der Waals surface area contributed by atoms with Crippen LogP contribution in [-0.4, -0.2) is 25.0 Å². The molecule has 1 heterocycles. The lowest BCUT2D eigenvalue weighted by Crippen LogP contribution is -2.42. The van der Waals surface area contributed by atoms with Crippen molar-refractivity contribution in [2.45, 2.75) is 44.7 Å². The molecule has 6 heteroatoms.